The Balaban J connectivity index is 0.874. The van der Waals surface area contributed by atoms with Gasteiger partial charge in [-0.3, -0.25) is 14.4 Å². The summed E-state index contributed by atoms with van der Waals surface area (Å²) in [6.07, 6.45) is 24.0. The fourth-order valence-electron chi connectivity index (χ4n) is 25.4. The Kier molecular flexibility index (Phi) is 12.0. The largest absolute Gasteiger partial charge is 0.392 e. The third-order valence-electron chi connectivity index (χ3n) is 29.2. The van der Waals surface area contributed by atoms with E-state index in [1.165, 1.54) is 47.2 Å². The molecule has 6 saturated carbocycles. The zero-order valence-electron chi connectivity index (χ0n) is 52.5. The molecule has 1 aromatic carbocycles. The van der Waals surface area contributed by atoms with Crippen molar-refractivity contribution in [1.29, 1.82) is 0 Å². The molecule has 0 radical (unpaired) electrons. The number of H-pyrrole nitrogens is 2. The lowest BCUT2D eigenvalue weighted by Gasteiger charge is -2.76. The molecular weight excluding hydrogens is 1070 g/mol. The van der Waals surface area contributed by atoms with E-state index < -0.39 is 62.3 Å². The van der Waals surface area contributed by atoms with Gasteiger partial charge in [0.1, 0.15) is 17.7 Å². The van der Waals surface area contributed by atoms with Crippen molar-refractivity contribution in [3.8, 4) is 0 Å². The number of rotatable bonds is 6. The highest BCUT2D eigenvalue weighted by molar-refractivity contribution is 6.02. The summed E-state index contributed by atoms with van der Waals surface area (Å²) in [5.74, 6) is 0.713. The third-order valence-corrected chi connectivity index (χ3v) is 29.2. The van der Waals surface area contributed by atoms with Crippen LogP contribution in [-0.4, -0.2) is 97.4 Å². The molecule has 4 aromatic rings. The van der Waals surface area contributed by atoms with Crippen molar-refractivity contribution in [2.24, 2.45) is 56.2 Å². The topological polar surface area (TPSA) is 182 Å². The number of ether oxygens (including phenoxy) is 2. The maximum Gasteiger partial charge on any atom is 0.160 e. The van der Waals surface area contributed by atoms with Crippen LogP contribution in [0.25, 0.3) is 11.0 Å². The van der Waals surface area contributed by atoms with Crippen molar-refractivity contribution < 1.29 is 39.2 Å². The van der Waals surface area contributed by atoms with Gasteiger partial charge in [0.25, 0.3) is 0 Å². The predicted molar refractivity (Wildman–Crippen MR) is 329 cm³/mol. The Morgan fingerprint density at radius 1 is 0.814 bits per heavy atom. The summed E-state index contributed by atoms with van der Waals surface area (Å²) in [6, 6.07) is 4.95. The number of benzene rings is 1. The molecule has 2 saturated heterocycles. The minimum Gasteiger partial charge on any atom is -0.392 e. The first kappa shape index (κ1) is 55.9. The highest BCUT2D eigenvalue weighted by atomic mass is 16.6. The fourth-order valence-corrected chi connectivity index (χ4v) is 25.4. The van der Waals surface area contributed by atoms with Gasteiger partial charge in [0.05, 0.1) is 46.3 Å². The molecule has 86 heavy (non-hydrogen) atoms. The minimum atomic E-state index is -1.02. The molecule has 17 rings (SSSR count). The Hall–Kier alpha value is -4.17. The van der Waals surface area contributed by atoms with Crippen LogP contribution in [0.2, 0.25) is 0 Å². The molecule has 3 aromatic heterocycles. The molecule has 460 valence electrons. The number of aliphatic hydroxyl groups excluding tert-OH is 2. The molecule has 13 aliphatic rings. The van der Waals surface area contributed by atoms with Crippen molar-refractivity contribution in [3.05, 3.63) is 92.1 Å². The summed E-state index contributed by atoms with van der Waals surface area (Å²) in [6.45, 7) is 15.3. The number of ketones is 3. The number of aromatic amines is 2. The van der Waals surface area contributed by atoms with Crippen LogP contribution in [0.3, 0.4) is 0 Å². The number of aromatic nitrogens is 3. The van der Waals surface area contributed by atoms with E-state index in [1.54, 1.807) is 0 Å². The van der Waals surface area contributed by atoms with Crippen molar-refractivity contribution >= 4 is 28.4 Å². The van der Waals surface area contributed by atoms with Crippen LogP contribution in [0.5, 0.6) is 0 Å². The molecule has 18 atom stereocenters. The van der Waals surface area contributed by atoms with Crippen LogP contribution in [-0.2, 0) is 55.3 Å². The van der Waals surface area contributed by atoms with E-state index in [2.05, 4.69) is 85.3 Å². The zero-order valence-corrected chi connectivity index (χ0v) is 52.5. The second kappa shape index (κ2) is 18.5. The Bertz CT molecular complexity index is 3590. The molecule has 12 nitrogen and oxygen atoms in total. The van der Waals surface area contributed by atoms with Crippen LogP contribution in [0.1, 0.15) is 244 Å². The van der Waals surface area contributed by atoms with E-state index in [0.717, 1.165) is 121 Å². The highest BCUT2D eigenvalue weighted by Gasteiger charge is 2.81. The minimum absolute atomic E-state index is 0.0617. The van der Waals surface area contributed by atoms with E-state index in [-0.39, 0.29) is 46.9 Å². The van der Waals surface area contributed by atoms with Gasteiger partial charge in [0, 0.05) is 104 Å². The summed E-state index contributed by atoms with van der Waals surface area (Å²) in [5, 5.41) is 44.1. The van der Waals surface area contributed by atoms with Gasteiger partial charge in [0.15, 0.2) is 5.78 Å². The lowest BCUT2D eigenvalue weighted by atomic mass is 9.27. The van der Waals surface area contributed by atoms with Gasteiger partial charge in [-0.25, -0.2) is 0 Å². The second-order valence-electron chi connectivity index (χ2n) is 32.9. The summed E-state index contributed by atoms with van der Waals surface area (Å²) in [4.78, 5) is 55.6. The van der Waals surface area contributed by atoms with Crippen LogP contribution in [0.4, 0.5) is 0 Å². The van der Waals surface area contributed by atoms with Crippen LogP contribution >= 0.6 is 0 Å². The number of nitrogens with one attached hydrogen (secondary N) is 3. The van der Waals surface area contributed by atoms with Gasteiger partial charge in [0.2, 0.25) is 0 Å². The first-order chi connectivity index (χ1) is 41.2. The molecule has 10 aliphatic carbocycles. The average Bonchev–Trinajstić information content (AvgIpc) is 1.11. The third kappa shape index (κ3) is 7.02. The maximum atomic E-state index is 16.5. The van der Waals surface area contributed by atoms with Gasteiger partial charge in [-0.2, -0.15) is 0 Å². The summed E-state index contributed by atoms with van der Waals surface area (Å²) in [7, 11) is 2.08. The number of nitrogens with zero attached hydrogens (tertiary/aromatic N) is 1. The highest BCUT2D eigenvalue weighted by Crippen LogP contribution is 2.84. The Morgan fingerprint density at radius 2 is 1.60 bits per heavy atom. The van der Waals surface area contributed by atoms with Gasteiger partial charge >= 0.3 is 0 Å². The standard InChI is InChI=1S/C74H96N4O8/c1-67(2)66(86-67)53(81)34-68(3)23-18-41-36-77-61-49(55-48-31-47-43-13-9-8-11-39(43)14-15-44(47)56(45(48)16-17-51(55)79)74(84)26-29-85-30-27-74)37-78(62(41)61)38-50-57-59(68)52(80)35-70(57,5)69(4)24-20-54-71(6,64(69)63(50)82)73-25-19-40(32-73)60-46(21-28-76-60)58(73)65(83)72(54)22-10-12-42(33-72)75-7/h21,28,31,36-37,39-40,42-43,50,53-55,58,63-64,66,75-77,81-82,84H,8-20,22-27,29-30,32-35,38H2,1-7H3. The smallest absolute Gasteiger partial charge is 0.160 e. The average molecular weight is 1170 g/mol. The predicted octanol–water partition coefficient (Wildman–Crippen LogP) is 12.1. The molecule has 8 fully saturated rings. The number of fused-ring (bicyclic) bond motifs is 13. The number of hydrogen-bond acceptors (Lipinski definition) is 9. The number of carbonyl (C=O) groups is 3. The SMILES string of the molecule is CNC1CCCC2(C1)C(=O)C1c3cc[nH]c3C3CCC1(C3)C1(C)C2CCC2(C)C1C(O)C1Cn3cc(C4C(=O)CCc5c4cc4c(c5C5(O)CCOCC5)CCC5CCCCC45)c4[nH]cc(c43)CCC(C)(CC(O)C3OC3(C)C)C3=C1C2(C)CC3=O. The number of carbonyl (C=O) groups excluding carboxylic acids is 3. The monoisotopic (exact) mass is 1170 g/mol. The van der Waals surface area contributed by atoms with Gasteiger partial charge < -0.3 is 44.6 Å². The molecule has 6 heterocycles. The van der Waals surface area contributed by atoms with E-state index in [9.17, 15) is 15.3 Å². The molecule has 2 bridgehead atoms. The van der Waals surface area contributed by atoms with Crippen LogP contribution < -0.4 is 5.32 Å². The number of epoxide rings is 1. The lowest BCUT2D eigenvalue weighted by Crippen LogP contribution is -2.75. The normalized spacial score (nSPS) is 43.6. The Morgan fingerprint density at radius 3 is 2.40 bits per heavy atom. The number of aliphatic hydroxyl groups is 3. The van der Waals surface area contributed by atoms with Crippen molar-refractivity contribution in [2.45, 2.75) is 255 Å². The van der Waals surface area contributed by atoms with Gasteiger partial charge in [-0.1, -0.05) is 53.0 Å². The lowest BCUT2D eigenvalue weighted by molar-refractivity contribution is -0.271. The van der Waals surface area contributed by atoms with Crippen LogP contribution in [0, 0.1) is 56.2 Å². The first-order valence-corrected chi connectivity index (χ1v) is 34.6. The molecule has 12 heteroatoms. The molecule has 2 spiro atoms. The number of aryl methyl sites for hydroxylation is 1. The van der Waals surface area contributed by atoms with Crippen molar-refractivity contribution in [1.82, 2.24) is 19.9 Å². The Labute approximate surface area is 508 Å². The number of hydrogen-bond donors (Lipinski definition) is 6. The molecule has 18 unspecified atom stereocenters. The van der Waals surface area contributed by atoms with Gasteiger partial charge in [-0.05, 0) is 225 Å². The maximum absolute atomic E-state index is 16.5. The van der Waals surface area contributed by atoms with Gasteiger partial charge in [-0.15, -0.1) is 0 Å². The van der Waals surface area contributed by atoms with E-state index >= 15 is 14.4 Å². The summed E-state index contributed by atoms with van der Waals surface area (Å²) >= 11 is 0. The van der Waals surface area contributed by atoms with Crippen molar-refractivity contribution in [2.75, 3.05) is 20.3 Å². The van der Waals surface area contributed by atoms with E-state index in [4.69, 9.17) is 9.47 Å². The summed E-state index contributed by atoms with van der Waals surface area (Å²) in [5.41, 5.74) is 9.84. The molecule has 3 aliphatic heterocycles. The molecular formula is C74H96N4O8. The first-order valence-electron chi connectivity index (χ1n) is 34.6. The quantitative estimate of drug-likeness (QED) is 0.102. The van der Waals surface area contributed by atoms with E-state index in [1.807, 2.05) is 13.8 Å². The molecule has 0 amide bonds. The number of allylic oxidation sites excluding steroid dienone is 1. The zero-order chi connectivity index (χ0) is 59.2. The fraction of sp³-hybridized carbons (Fsp3) is 0.716. The second-order valence-corrected chi connectivity index (χ2v) is 32.9. The van der Waals surface area contributed by atoms with Crippen molar-refractivity contribution in [3.63, 3.8) is 0 Å². The van der Waals surface area contributed by atoms with Crippen LogP contribution in [0.15, 0.2) is 41.9 Å². The number of Topliss-reactive ketones (excluding diaryl/α,β-unsaturated/α-hetero) is 3. The van der Waals surface area contributed by atoms with E-state index in [0.29, 0.717) is 94.7 Å². The molecule has 6 N–H and O–H groups in total. The summed E-state index contributed by atoms with van der Waals surface area (Å²) < 4.78 is 14.6.